The second-order valence-corrected chi connectivity index (χ2v) is 2.98. The fourth-order valence-corrected chi connectivity index (χ4v) is 1.47. The number of nitrogens with zero attached hydrogens (tertiary/aromatic N) is 1. The van der Waals surface area contributed by atoms with Crippen LogP contribution in [0, 0.1) is 6.92 Å². The third-order valence-corrected chi connectivity index (χ3v) is 2.13. The lowest BCUT2D eigenvalue weighted by Crippen LogP contribution is -2.26. The van der Waals surface area contributed by atoms with Gasteiger partial charge in [0.05, 0.1) is 11.3 Å². The Labute approximate surface area is 69.2 Å². The summed E-state index contributed by atoms with van der Waals surface area (Å²) in [5.74, 6) is 0.359. The van der Waals surface area contributed by atoms with E-state index in [1.54, 1.807) is 6.92 Å². The van der Waals surface area contributed by atoms with Crippen LogP contribution in [0.25, 0.3) is 0 Å². The molecule has 1 aliphatic carbocycles. The van der Waals surface area contributed by atoms with Gasteiger partial charge >= 0.3 is 0 Å². The van der Waals surface area contributed by atoms with Crippen molar-refractivity contribution in [2.75, 3.05) is 0 Å². The number of Topliss-reactive ketones (excluding diaryl/α,β-unsaturated/α-hetero) is 1. The summed E-state index contributed by atoms with van der Waals surface area (Å²) in [6, 6.07) is 0. The number of ketones is 1. The number of carbonyl (C=O) groups excluding carboxylic acids is 1. The van der Waals surface area contributed by atoms with E-state index in [1.165, 1.54) is 0 Å². The first kappa shape index (κ1) is 7.49. The summed E-state index contributed by atoms with van der Waals surface area (Å²) in [5, 5.41) is 12.9. The lowest BCUT2D eigenvalue weighted by atomic mass is 9.93. The topological polar surface area (TPSA) is 63.3 Å². The van der Waals surface area contributed by atoms with Crippen LogP contribution >= 0.6 is 0 Å². The number of aromatic nitrogens is 1. The second-order valence-electron chi connectivity index (χ2n) is 2.98. The molecule has 1 aromatic rings. The average Bonchev–Trinajstić information content (AvgIpc) is 2.41. The highest BCUT2D eigenvalue weighted by Crippen LogP contribution is 2.23. The zero-order chi connectivity index (χ0) is 8.72. The summed E-state index contributed by atoms with van der Waals surface area (Å²) < 4.78 is 4.92. The highest BCUT2D eigenvalue weighted by molar-refractivity contribution is 6.01. The Hall–Kier alpha value is -1.16. The Balaban J connectivity index is 2.53. The van der Waals surface area contributed by atoms with Crippen LogP contribution in [0.15, 0.2) is 4.52 Å². The molecule has 0 bridgehead atoms. The molecule has 64 valence electrons. The van der Waals surface area contributed by atoms with E-state index in [4.69, 9.17) is 4.52 Å². The van der Waals surface area contributed by atoms with Gasteiger partial charge in [-0.2, -0.15) is 0 Å². The van der Waals surface area contributed by atoms with E-state index >= 15 is 0 Å². The Morgan fingerprint density at radius 1 is 1.67 bits per heavy atom. The molecule has 0 spiro atoms. The largest absolute Gasteiger partial charge is 0.385 e. The SMILES string of the molecule is Cc1noc2c1C(=O)C(O)CC2. The van der Waals surface area contributed by atoms with Crippen molar-refractivity contribution in [3.63, 3.8) is 0 Å². The van der Waals surface area contributed by atoms with E-state index in [9.17, 15) is 9.90 Å². The van der Waals surface area contributed by atoms with Gasteiger partial charge in [0.25, 0.3) is 0 Å². The molecule has 1 atom stereocenters. The molecule has 1 unspecified atom stereocenters. The van der Waals surface area contributed by atoms with Gasteiger partial charge in [0.1, 0.15) is 11.9 Å². The maximum Gasteiger partial charge on any atom is 0.196 e. The molecule has 12 heavy (non-hydrogen) atoms. The molecular formula is C8H9NO3. The summed E-state index contributed by atoms with van der Waals surface area (Å²) in [5.41, 5.74) is 1.06. The molecular weight excluding hydrogens is 158 g/mol. The first-order valence-electron chi connectivity index (χ1n) is 3.87. The van der Waals surface area contributed by atoms with Crippen molar-refractivity contribution in [2.24, 2.45) is 0 Å². The van der Waals surface area contributed by atoms with Crippen LogP contribution in [0.4, 0.5) is 0 Å². The number of rotatable bonds is 0. The van der Waals surface area contributed by atoms with E-state index in [1.807, 2.05) is 0 Å². The number of carbonyl (C=O) groups is 1. The van der Waals surface area contributed by atoms with Gasteiger partial charge in [0.15, 0.2) is 5.78 Å². The lowest BCUT2D eigenvalue weighted by molar-refractivity contribution is 0.0703. The summed E-state index contributed by atoms with van der Waals surface area (Å²) in [7, 11) is 0. The van der Waals surface area contributed by atoms with Gasteiger partial charge in [-0.15, -0.1) is 0 Å². The molecule has 0 radical (unpaired) electrons. The predicted molar refractivity (Wildman–Crippen MR) is 39.9 cm³/mol. The van der Waals surface area contributed by atoms with Crippen LogP contribution in [-0.4, -0.2) is 22.2 Å². The Kier molecular flexibility index (Phi) is 1.51. The zero-order valence-electron chi connectivity index (χ0n) is 6.70. The van der Waals surface area contributed by atoms with Crippen LogP contribution in [0.1, 0.15) is 28.2 Å². The van der Waals surface area contributed by atoms with Crippen LogP contribution in [0.5, 0.6) is 0 Å². The number of aliphatic hydroxyl groups is 1. The monoisotopic (exact) mass is 167 g/mol. The number of aliphatic hydroxyl groups excluding tert-OH is 1. The van der Waals surface area contributed by atoms with Gasteiger partial charge in [-0.05, 0) is 13.3 Å². The van der Waals surface area contributed by atoms with Gasteiger partial charge < -0.3 is 9.63 Å². The third kappa shape index (κ3) is 0.881. The van der Waals surface area contributed by atoms with Gasteiger partial charge in [-0.25, -0.2) is 0 Å². The molecule has 4 heteroatoms. The van der Waals surface area contributed by atoms with Crippen molar-refractivity contribution in [1.29, 1.82) is 0 Å². The lowest BCUT2D eigenvalue weighted by Gasteiger charge is -2.13. The number of aryl methyl sites for hydroxylation is 2. The number of fused-ring (bicyclic) bond motifs is 1. The maximum absolute atomic E-state index is 11.3. The molecule has 4 nitrogen and oxygen atoms in total. The molecule has 0 amide bonds. The van der Waals surface area contributed by atoms with Crippen molar-refractivity contribution in [2.45, 2.75) is 25.9 Å². The molecule has 1 aliphatic rings. The highest BCUT2D eigenvalue weighted by atomic mass is 16.5. The molecule has 0 aliphatic heterocycles. The molecule has 1 aromatic heterocycles. The Morgan fingerprint density at radius 2 is 2.42 bits per heavy atom. The first-order chi connectivity index (χ1) is 5.70. The Morgan fingerprint density at radius 3 is 3.17 bits per heavy atom. The first-order valence-corrected chi connectivity index (χ1v) is 3.87. The van der Waals surface area contributed by atoms with Gasteiger partial charge in [-0.3, -0.25) is 4.79 Å². The molecule has 0 saturated carbocycles. The summed E-state index contributed by atoms with van der Waals surface area (Å²) in [4.78, 5) is 11.3. The van der Waals surface area contributed by atoms with Crippen molar-refractivity contribution >= 4 is 5.78 Å². The fourth-order valence-electron chi connectivity index (χ4n) is 1.47. The highest BCUT2D eigenvalue weighted by Gasteiger charge is 2.30. The summed E-state index contributed by atoms with van der Waals surface area (Å²) in [6.07, 6.45) is 0.180. The van der Waals surface area contributed by atoms with Crippen molar-refractivity contribution in [3.05, 3.63) is 17.0 Å². The maximum atomic E-state index is 11.3. The quantitative estimate of drug-likeness (QED) is 0.610. The summed E-state index contributed by atoms with van der Waals surface area (Å²) >= 11 is 0. The molecule has 0 saturated heterocycles. The fraction of sp³-hybridized carbons (Fsp3) is 0.500. The molecule has 0 aromatic carbocycles. The summed E-state index contributed by atoms with van der Waals surface area (Å²) in [6.45, 7) is 1.71. The van der Waals surface area contributed by atoms with E-state index in [0.717, 1.165) is 0 Å². The van der Waals surface area contributed by atoms with E-state index in [-0.39, 0.29) is 5.78 Å². The third-order valence-electron chi connectivity index (χ3n) is 2.13. The van der Waals surface area contributed by atoms with Gasteiger partial charge in [-0.1, -0.05) is 5.16 Å². The van der Waals surface area contributed by atoms with Crippen molar-refractivity contribution in [3.8, 4) is 0 Å². The number of hydrogen-bond donors (Lipinski definition) is 1. The van der Waals surface area contributed by atoms with E-state index in [2.05, 4.69) is 5.16 Å². The normalized spacial score (nSPS) is 22.5. The van der Waals surface area contributed by atoms with Gasteiger partial charge in [0, 0.05) is 6.42 Å². The van der Waals surface area contributed by atoms with E-state index in [0.29, 0.717) is 29.9 Å². The second kappa shape index (κ2) is 2.42. The smallest absolute Gasteiger partial charge is 0.196 e. The minimum atomic E-state index is -0.865. The predicted octanol–water partition coefficient (Wildman–Crippen LogP) is 0.473. The van der Waals surface area contributed by atoms with Crippen LogP contribution < -0.4 is 0 Å². The molecule has 0 fully saturated rings. The Bertz CT molecular complexity index is 329. The van der Waals surface area contributed by atoms with Crippen LogP contribution in [0.3, 0.4) is 0 Å². The van der Waals surface area contributed by atoms with Crippen LogP contribution in [0.2, 0.25) is 0 Å². The van der Waals surface area contributed by atoms with Crippen molar-refractivity contribution < 1.29 is 14.4 Å². The zero-order valence-corrected chi connectivity index (χ0v) is 6.70. The minimum absolute atomic E-state index is 0.255. The molecule has 2 rings (SSSR count). The average molecular weight is 167 g/mol. The van der Waals surface area contributed by atoms with E-state index < -0.39 is 6.10 Å². The van der Waals surface area contributed by atoms with Crippen LogP contribution in [-0.2, 0) is 6.42 Å². The minimum Gasteiger partial charge on any atom is -0.385 e. The number of hydrogen-bond acceptors (Lipinski definition) is 4. The van der Waals surface area contributed by atoms with Crippen molar-refractivity contribution in [1.82, 2.24) is 5.16 Å². The molecule has 1 N–H and O–H groups in total. The van der Waals surface area contributed by atoms with Gasteiger partial charge in [0.2, 0.25) is 0 Å². The molecule has 1 heterocycles. The standard InChI is InChI=1S/C8H9NO3/c1-4-7-6(12-9-4)3-2-5(10)8(7)11/h5,10H,2-3H2,1H3.